The van der Waals surface area contributed by atoms with Crippen molar-refractivity contribution in [1.29, 1.82) is 0 Å². The number of nitrogens with two attached hydrogens (primary N) is 1. The maximum atomic E-state index is 12.2. The van der Waals surface area contributed by atoms with Gasteiger partial charge < -0.3 is 11.1 Å². The lowest BCUT2D eigenvalue weighted by molar-refractivity contribution is 0.121. The number of nitrogens with zero attached hydrogens (tertiary/aromatic N) is 1. The average Bonchev–Trinajstić information content (AvgIpc) is 2.98. The lowest BCUT2D eigenvalue weighted by Gasteiger charge is -2.23. The fourth-order valence-corrected chi connectivity index (χ4v) is 2.29. The minimum Gasteiger partial charge on any atom is -0.370 e. The zero-order chi connectivity index (χ0) is 11.5. The summed E-state index contributed by atoms with van der Waals surface area (Å²) in [5.41, 5.74) is 5.70. The van der Waals surface area contributed by atoms with Crippen molar-refractivity contribution in [3.63, 3.8) is 0 Å². The number of halogens is 2. The molecule has 92 valence electrons. The van der Waals surface area contributed by atoms with Crippen molar-refractivity contribution in [2.45, 2.75) is 57.0 Å². The average molecular weight is 231 g/mol. The summed E-state index contributed by atoms with van der Waals surface area (Å²) < 4.78 is 24.5. The fourth-order valence-electron chi connectivity index (χ4n) is 2.29. The van der Waals surface area contributed by atoms with Gasteiger partial charge in [0.1, 0.15) is 0 Å². The van der Waals surface area contributed by atoms with Crippen molar-refractivity contribution < 1.29 is 8.78 Å². The van der Waals surface area contributed by atoms with Gasteiger partial charge in [0.25, 0.3) is 0 Å². The Morgan fingerprint density at radius 1 is 1.25 bits per heavy atom. The topological polar surface area (TPSA) is 50.4 Å². The normalized spacial score (nSPS) is 31.8. The van der Waals surface area contributed by atoms with Crippen LogP contribution in [-0.4, -0.2) is 24.5 Å². The highest BCUT2D eigenvalue weighted by Crippen LogP contribution is 2.38. The van der Waals surface area contributed by atoms with Crippen LogP contribution in [0.25, 0.3) is 0 Å². The van der Waals surface area contributed by atoms with Gasteiger partial charge in [-0.2, -0.15) is 0 Å². The molecule has 0 heterocycles. The van der Waals surface area contributed by atoms with E-state index in [2.05, 4.69) is 10.3 Å². The molecule has 3 nitrogen and oxygen atoms in total. The van der Waals surface area contributed by atoms with Crippen molar-refractivity contribution >= 4 is 5.96 Å². The molecule has 0 radical (unpaired) electrons. The van der Waals surface area contributed by atoms with E-state index in [1.165, 1.54) is 19.3 Å². The summed E-state index contributed by atoms with van der Waals surface area (Å²) in [5.74, 6) is -0.216. The Morgan fingerprint density at radius 3 is 2.50 bits per heavy atom. The quantitative estimate of drug-likeness (QED) is 0.575. The van der Waals surface area contributed by atoms with Crippen LogP contribution in [0.4, 0.5) is 8.78 Å². The maximum Gasteiger partial charge on any atom is 0.243 e. The number of rotatable bonds is 3. The van der Waals surface area contributed by atoms with E-state index in [0.717, 1.165) is 12.8 Å². The Kier molecular flexibility index (Phi) is 3.61. The third kappa shape index (κ3) is 3.06. The molecular formula is C11H19F2N3. The highest BCUT2D eigenvalue weighted by atomic mass is 19.3. The summed E-state index contributed by atoms with van der Waals surface area (Å²) in [4.78, 5) is 4.09. The van der Waals surface area contributed by atoms with E-state index in [1.54, 1.807) is 0 Å². The van der Waals surface area contributed by atoms with Crippen molar-refractivity contribution in [2.24, 2.45) is 16.6 Å². The molecule has 16 heavy (non-hydrogen) atoms. The van der Waals surface area contributed by atoms with Crippen LogP contribution in [0, 0.1) is 5.92 Å². The lowest BCUT2D eigenvalue weighted by Crippen LogP contribution is -2.41. The molecule has 0 bridgehead atoms. The molecule has 2 aliphatic carbocycles. The van der Waals surface area contributed by atoms with E-state index in [0.29, 0.717) is 18.4 Å². The lowest BCUT2D eigenvalue weighted by atomic mass is 9.96. The van der Waals surface area contributed by atoms with Crippen LogP contribution in [0.2, 0.25) is 0 Å². The number of alkyl halides is 2. The molecule has 2 rings (SSSR count). The second-order valence-electron chi connectivity index (χ2n) is 4.79. The molecule has 5 heteroatoms. The minimum atomic E-state index is -2.25. The molecule has 2 fully saturated rings. The predicted molar refractivity (Wildman–Crippen MR) is 59.5 cm³/mol. The number of hydrogen-bond acceptors (Lipinski definition) is 1. The van der Waals surface area contributed by atoms with Gasteiger partial charge >= 0.3 is 0 Å². The Morgan fingerprint density at radius 2 is 1.94 bits per heavy atom. The van der Waals surface area contributed by atoms with Crippen molar-refractivity contribution in [1.82, 2.24) is 5.32 Å². The molecular weight excluding hydrogens is 212 g/mol. The van der Waals surface area contributed by atoms with E-state index in [4.69, 9.17) is 5.73 Å². The highest BCUT2D eigenvalue weighted by molar-refractivity contribution is 5.78. The van der Waals surface area contributed by atoms with E-state index in [1.807, 2.05) is 0 Å². The smallest absolute Gasteiger partial charge is 0.243 e. The molecule has 0 aromatic rings. The summed E-state index contributed by atoms with van der Waals surface area (Å²) in [6.07, 6.45) is 4.16. The predicted octanol–water partition coefficient (Wildman–Crippen LogP) is 1.88. The van der Waals surface area contributed by atoms with Gasteiger partial charge in [0.15, 0.2) is 5.96 Å². The van der Waals surface area contributed by atoms with E-state index in [-0.39, 0.29) is 6.04 Å². The second kappa shape index (κ2) is 4.97. The number of nitrogens with one attached hydrogen (secondary N) is 1. The van der Waals surface area contributed by atoms with Crippen LogP contribution in [0.5, 0.6) is 0 Å². The molecule has 0 spiro atoms. The van der Waals surface area contributed by atoms with Gasteiger partial charge in [-0.3, -0.25) is 0 Å². The van der Waals surface area contributed by atoms with Crippen LogP contribution >= 0.6 is 0 Å². The highest BCUT2D eigenvalue weighted by Gasteiger charge is 2.44. The first kappa shape index (κ1) is 11.6. The van der Waals surface area contributed by atoms with Gasteiger partial charge in [-0.15, -0.1) is 0 Å². The summed E-state index contributed by atoms with van der Waals surface area (Å²) in [6.45, 7) is 0. The summed E-state index contributed by atoms with van der Waals surface area (Å²) in [6, 6.07) is 0.136. The Labute approximate surface area is 94.5 Å². The van der Waals surface area contributed by atoms with Gasteiger partial charge in [-0.25, -0.2) is 13.8 Å². The molecule has 2 aliphatic rings. The first-order valence-electron chi connectivity index (χ1n) is 6.05. The van der Waals surface area contributed by atoms with Crippen molar-refractivity contribution in [2.75, 3.05) is 0 Å². The van der Waals surface area contributed by atoms with Crippen LogP contribution in [-0.2, 0) is 0 Å². The molecule has 2 atom stereocenters. The monoisotopic (exact) mass is 231 g/mol. The van der Waals surface area contributed by atoms with E-state index in [9.17, 15) is 8.78 Å². The van der Waals surface area contributed by atoms with E-state index >= 15 is 0 Å². The molecule has 0 unspecified atom stereocenters. The van der Waals surface area contributed by atoms with Gasteiger partial charge in [0.05, 0.1) is 6.04 Å². The molecule has 0 amide bonds. The van der Waals surface area contributed by atoms with Gasteiger partial charge in [-0.05, 0) is 19.3 Å². The van der Waals surface area contributed by atoms with Crippen LogP contribution in [0.3, 0.4) is 0 Å². The molecule has 2 saturated carbocycles. The SMILES string of the molecule is NC(=N[C@H]1C[C@@H]1C(F)F)NC1CCCCC1. The Hall–Kier alpha value is -0.870. The minimum absolute atomic E-state index is 0.254. The Bertz CT molecular complexity index is 262. The molecule has 0 saturated heterocycles. The number of guanidine groups is 1. The molecule has 0 aromatic carbocycles. The third-order valence-electron chi connectivity index (χ3n) is 3.39. The summed E-state index contributed by atoms with van der Waals surface area (Å²) >= 11 is 0. The molecule has 0 aromatic heterocycles. The Balaban J connectivity index is 1.75. The second-order valence-corrected chi connectivity index (χ2v) is 4.79. The first-order valence-corrected chi connectivity index (χ1v) is 6.05. The summed E-state index contributed by atoms with van der Waals surface area (Å²) in [7, 11) is 0. The molecule has 0 aliphatic heterocycles. The van der Waals surface area contributed by atoms with Crippen LogP contribution in [0.15, 0.2) is 4.99 Å². The summed E-state index contributed by atoms with van der Waals surface area (Å²) in [5, 5.41) is 3.13. The number of hydrogen-bond donors (Lipinski definition) is 2. The largest absolute Gasteiger partial charge is 0.370 e. The van der Waals surface area contributed by atoms with Crippen molar-refractivity contribution in [3.8, 4) is 0 Å². The first-order chi connectivity index (χ1) is 7.66. The zero-order valence-electron chi connectivity index (χ0n) is 9.33. The zero-order valence-corrected chi connectivity index (χ0v) is 9.33. The van der Waals surface area contributed by atoms with Gasteiger partial charge in [0.2, 0.25) is 6.43 Å². The standard InChI is InChI=1S/C11H19F2N3/c12-10(13)8-6-9(8)16-11(14)15-7-4-2-1-3-5-7/h7-10H,1-6H2,(H3,14,15,16)/t8-,9-/m0/s1. The molecule has 3 N–H and O–H groups in total. The fraction of sp³-hybridized carbons (Fsp3) is 0.909. The third-order valence-corrected chi connectivity index (χ3v) is 3.39. The maximum absolute atomic E-state index is 12.2. The van der Waals surface area contributed by atoms with E-state index < -0.39 is 12.3 Å². The van der Waals surface area contributed by atoms with Gasteiger partial charge in [-0.1, -0.05) is 19.3 Å². The van der Waals surface area contributed by atoms with Gasteiger partial charge in [0, 0.05) is 12.0 Å². The number of aliphatic imine (C=N–C) groups is 1. The van der Waals surface area contributed by atoms with Crippen LogP contribution < -0.4 is 11.1 Å². The van der Waals surface area contributed by atoms with Crippen LogP contribution in [0.1, 0.15) is 38.5 Å². The van der Waals surface area contributed by atoms with Crippen molar-refractivity contribution in [3.05, 3.63) is 0 Å².